The fourth-order valence-corrected chi connectivity index (χ4v) is 2.63. The Morgan fingerprint density at radius 3 is 2.23 bits per heavy atom. The van der Waals surface area contributed by atoms with E-state index in [1.165, 1.54) is 7.11 Å². The summed E-state index contributed by atoms with van der Waals surface area (Å²) in [6.07, 6.45) is -1.27. The lowest BCUT2D eigenvalue weighted by molar-refractivity contribution is -0.151. The van der Waals surface area contributed by atoms with E-state index in [9.17, 15) is 19.5 Å². The lowest BCUT2D eigenvalue weighted by atomic mass is 10.0. The molecule has 0 aromatic heterocycles. The minimum atomic E-state index is -1.37. The van der Waals surface area contributed by atoms with Crippen LogP contribution < -0.4 is 10.1 Å². The molecule has 1 unspecified atom stereocenters. The maximum Gasteiger partial charge on any atom is 0.329 e. The number of aliphatic hydroxyl groups excluding tert-OH is 1. The van der Waals surface area contributed by atoms with Gasteiger partial charge in [-0.05, 0) is 37.5 Å². The molecule has 0 aliphatic carbocycles. The maximum absolute atomic E-state index is 12.4. The van der Waals surface area contributed by atoms with Crippen LogP contribution in [0.15, 0.2) is 36.4 Å². The molecular weight excluding hydrogens is 402 g/mol. The molecule has 2 atom stereocenters. The Bertz CT molecular complexity index is 756. The predicted molar refractivity (Wildman–Crippen MR) is 115 cm³/mol. The quantitative estimate of drug-likeness (QED) is 0.295. The van der Waals surface area contributed by atoms with Gasteiger partial charge in [-0.1, -0.05) is 32.6 Å². The summed E-state index contributed by atoms with van der Waals surface area (Å²) in [6.45, 7) is 11.0. The number of carbonyl (C=O) groups is 3. The first-order chi connectivity index (χ1) is 14.5. The second kappa shape index (κ2) is 12.7. The van der Waals surface area contributed by atoms with E-state index in [0.717, 1.165) is 5.56 Å². The van der Waals surface area contributed by atoms with Crippen LogP contribution in [0.4, 0.5) is 0 Å². The normalized spacial score (nSPS) is 12.8. The van der Waals surface area contributed by atoms with Gasteiger partial charge in [0.25, 0.3) is 0 Å². The van der Waals surface area contributed by atoms with Gasteiger partial charge >= 0.3 is 11.9 Å². The highest BCUT2D eigenvalue weighted by Gasteiger charge is 2.24. The number of ether oxygens (including phenoxy) is 3. The highest BCUT2D eigenvalue weighted by molar-refractivity contribution is 5.84. The molecule has 0 radical (unpaired) electrons. The summed E-state index contributed by atoms with van der Waals surface area (Å²) >= 11 is 0. The Labute approximate surface area is 183 Å². The van der Waals surface area contributed by atoms with Crippen LogP contribution in [-0.2, 0) is 30.3 Å². The van der Waals surface area contributed by atoms with Crippen molar-refractivity contribution in [3.8, 4) is 5.75 Å². The number of esters is 2. The molecule has 0 heterocycles. The number of rotatable bonds is 12. The monoisotopic (exact) mass is 435 g/mol. The lowest BCUT2D eigenvalue weighted by Gasteiger charge is -2.20. The molecule has 0 saturated heterocycles. The van der Waals surface area contributed by atoms with Crippen molar-refractivity contribution in [3.05, 3.63) is 42.0 Å². The Kier molecular flexibility index (Phi) is 10.8. The topological polar surface area (TPSA) is 111 Å². The number of aliphatic hydroxyl groups is 1. The smallest absolute Gasteiger partial charge is 0.329 e. The zero-order valence-corrected chi connectivity index (χ0v) is 18.8. The molecule has 2 N–H and O–H groups in total. The van der Waals surface area contributed by atoms with Crippen LogP contribution in [0.2, 0.25) is 0 Å². The molecule has 31 heavy (non-hydrogen) atoms. The van der Waals surface area contributed by atoms with E-state index in [0.29, 0.717) is 12.2 Å². The van der Waals surface area contributed by atoms with Crippen LogP contribution in [0.5, 0.6) is 5.75 Å². The highest BCUT2D eigenvalue weighted by Crippen LogP contribution is 2.18. The van der Waals surface area contributed by atoms with E-state index in [-0.39, 0.29) is 36.3 Å². The third-order valence-electron chi connectivity index (χ3n) is 4.12. The van der Waals surface area contributed by atoms with Gasteiger partial charge in [-0.2, -0.15) is 0 Å². The lowest BCUT2D eigenvalue weighted by Crippen LogP contribution is -2.44. The number of hydrogen-bond donors (Lipinski definition) is 2. The van der Waals surface area contributed by atoms with Crippen molar-refractivity contribution in [2.24, 2.45) is 5.92 Å². The zero-order valence-electron chi connectivity index (χ0n) is 18.8. The minimum absolute atomic E-state index is 0.161. The van der Waals surface area contributed by atoms with E-state index >= 15 is 0 Å². The fraction of sp³-hybridized carbons (Fsp3) is 0.522. The van der Waals surface area contributed by atoms with Gasteiger partial charge in [-0.3, -0.25) is 9.59 Å². The van der Waals surface area contributed by atoms with Crippen molar-refractivity contribution in [2.75, 3.05) is 7.11 Å². The zero-order chi connectivity index (χ0) is 23.6. The molecule has 1 amide bonds. The van der Waals surface area contributed by atoms with Gasteiger partial charge in [0, 0.05) is 18.4 Å². The first-order valence-corrected chi connectivity index (χ1v) is 10.2. The van der Waals surface area contributed by atoms with Crippen LogP contribution in [-0.4, -0.2) is 48.5 Å². The van der Waals surface area contributed by atoms with Crippen molar-refractivity contribution in [2.45, 2.75) is 65.4 Å². The molecule has 8 heteroatoms. The van der Waals surface area contributed by atoms with Crippen LogP contribution in [0, 0.1) is 5.92 Å². The van der Waals surface area contributed by atoms with Crippen molar-refractivity contribution in [3.63, 3.8) is 0 Å². The largest absolute Gasteiger partial charge is 0.469 e. The van der Waals surface area contributed by atoms with Crippen LogP contribution in [0.1, 0.15) is 46.1 Å². The number of methoxy groups -OCH3 is 1. The summed E-state index contributed by atoms with van der Waals surface area (Å²) in [7, 11) is 1.25. The van der Waals surface area contributed by atoms with Crippen LogP contribution >= 0.6 is 0 Å². The number of carbonyl (C=O) groups excluding carboxylic acids is 3. The summed E-state index contributed by atoms with van der Waals surface area (Å²) in [5.74, 6) is -0.720. The highest BCUT2D eigenvalue weighted by atomic mass is 16.6. The molecule has 1 aromatic rings. The van der Waals surface area contributed by atoms with E-state index in [1.807, 2.05) is 13.8 Å². The van der Waals surface area contributed by atoms with Crippen LogP contribution in [0.3, 0.4) is 0 Å². The van der Waals surface area contributed by atoms with Crippen molar-refractivity contribution in [1.82, 2.24) is 5.32 Å². The minimum Gasteiger partial charge on any atom is -0.469 e. The van der Waals surface area contributed by atoms with Gasteiger partial charge in [-0.15, -0.1) is 0 Å². The van der Waals surface area contributed by atoms with Gasteiger partial charge in [0.2, 0.25) is 12.2 Å². The third kappa shape index (κ3) is 10.1. The average molecular weight is 436 g/mol. The van der Waals surface area contributed by atoms with Crippen molar-refractivity contribution < 1.29 is 33.7 Å². The summed E-state index contributed by atoms with van der Waals surface area (Å²) in [5.41, 5.74) is 0.936. The van der Waals surface area contributed by atoms with Gasteiger partial charge in [0.05, 0.1) is 19.6 Å². The molecule has 0 fully saturated rings. The number of hydrogen-bond acceptors (Lipinski definition) is 7. The van der Waals surface area contributed by atoms with Gasteiger partial charge < -0.3 is 24.6 Å². The molecule has 0 saturated carbocycles. The molecule has 0 bridgehead atoms. The van der Waals surface area contributed by atoms with Crippen LogP contribution in [0.25, 0.3) is 0 Å². The third-order valence-corrected chi connectivity index (χ3v) is 4.12. The second-order valence-electron chi connectivity index (χ2n) is 7.93. The maximum atomic E-state index is 12.4. The van der Waals surface area contributed by atoms with Gasteiger partial charge in [-0.25, -0.2) is 4.79 Å². The molecule has 0 aliphatic heterocycles. The molecule has 172 valence electrons. The molecular formula is C23H33NO7. The van der Waals surface area contributed by atoms with E-state index < -0.39 is 24.3 Å². The molecule has 0 spiro atoms. The van der Waals surface area contributed by atoms with E-state index in [2.05, 4.69) is 16.6 Å². The first-order valence-electron chi connectivity index (χ1n) is 10.2. The summed E-state index contributed by atoms with van der Waals surface area (Å²) in [5, 5.41) is 12.8. The predicted octanol–water partition coefficient (Wildman–Crippen LogP) is 2.53. The SMILES string of the molecule is C=C(CC(=O)OC)C(O)Oc1ccc(C[C@H](NC(=O)CC(C)C)C(=O)OC(C)C)cc1. The Morgan fingerprint density at radius 2 is 1.71 bits per heavy atom. The molecule has 1 rings (SSSR count). The summed E-state index contributed by atoms with van der Waals surface area (Å²) in [6, 6.07) is 5.85. The summed E-state index contributed by atoms with van der Waals surface area (Å²) < 4.78 is 15.2. The number of nitrogens with one attached hydrogen (secondary N) is 1. The number of benzene rings is 1. The first kappa shape index (κ1) is 26.2. The molecule has 0 aliphatic rings. The van der Waals surface area contributed by atoms with Gasteiger partial charge in [0.15, 0.2) is 0 Å². The molecule has 1 aromatic carbocycles. The van der Waals surface area contributed by atoms with E-state index in [1.54, 1.807) is 38.1 Å². The summed E-state index contributed by atoms with van der Waals surface area (Å²) in [4.78, 5) is 35.9. The average Bonchev–Trinajstić information content (AvgIpc) is 2.67. The second-order valence-corrected chi connectivity index (χ2v) is 7.93. The molecule has 8 nitrogen and oxygen atoms in total. The standard InChI is InChI=1S/C23H33NO7/c1-14(2)11-20(25)24-19(23(28)30-15(3)4)13-17-7-9-18(10-8-17)31-22(27)16(5)12-21(26)29-6/h7-10,14-15,19,22,27H,5,11-13H2,1-4,6H3,(H,24,25)/t19-,22?/m0/s1. The van der Waals surface area contributed by atoms with Crippen molar-refractivity contribution >= 4 is 17.8 Å². The van der Waals surface area contributed by atoms with Crippen molar-refractivity contribution in [1.29, 1.82) is 0 Å². The van der Waals surface area contributed by atoms with Gasteiger partial charge in [0.1, 0.15) is 11.8 Å². The Balaban J connectivity index is 2.80. The number of amides is 1. The fourth-order valence-electron chi connectivity index (χ4n) is 2.63. The Morgan fingerprint density at radius 1 is 1.10 bits per heavy atom. The Hall–Kier alpha value is -2.87. The van der Waals surface area contributed by atoms with E-state index in [4.69, 9.17) is 9.47 Å².